The van der Waals surface area contributed by atoms with Gasteiger partial charge in [0, 0.05) is 44.6 Å². The molecule has 0 unspecified atom stereocenters. The van der Waals surface area contributed by atoms with Gasteiger partial charge in [-0.1, -0.05) is 24.3 Å². The number of halogens is 1. The molecule has 1 heterocycles. The molecule has 1 N–H and O–H groups in total. The number of aliphatic imine (C=N–C) groups is 1. The van der Waals surface area contributed by atoms with Crippen molar-refractivity contribution in [2.24, 2.45) is 4.99 Å². The van der Waals surface area contributed by atoms with E-state index in [0.29, 0.717) is 0 Å². The average molecular weight is 454 g/mol. The van der Waals surface area contributed by atoms with E-state index < -0.39 is 0 Å². The van der Waals surface area contributed by atoms with Crippen molar-refractivity contribution in [2.45, 2.75) is 19.9 Å². The molecule has 1 aromatic carbocycles. The second kappa shape index (κ2) is 10.9. The van der Waals surface area contributed by atoms with Crippen molar-refractivity contribution in [1.29, 1.82) is 0 Å². The van der Waals surface area contributed by atoms with E-state index in [1.54, 1.807) is 14.2 Å². The fourth-order valence-electron chi connectivity index (χ4n) is 2.51. The maximum Gasteiger partial charge on any atom is 0.193 e. The molecule has 0 fully saturated rings. The van der Waals surface area contributed by atoms with Gasteiger partial charge in [0.1, 0.15) is 5.75 Å². The Morgan fingerprint density at radius 2 is 2.00 bits per heavy atom. The van der Waals surface area contributed by atoms with Gasteiger partial charge in [0.15, 0.2) is 5.96 Å². The number of aromatic nitrogens is 1. The van der Waals surface area contributed by atoms with Gasteiger partial charge in [0.05, 0.1) is 7.11 Å². The van der Waals surface area contributed by atoms with Crippen LogP contribution in [-0.4, -0.2) is 43.6 Å². The molecule has 5 nitrogen and oxygen atoms in total. The first-order valence-corrected chi connectivity index (χ1v) is 8.09. The number of nitrogens with one attached hydrogen (secondary N) is 1. The number of rotatable bonds is 6. The van der Waals surface area contributed by atoms with Gasteiger partial charge >= 0.3 is 0 Å². The lowest BCUT2D eigenvalue weighted by Crippen LogP contribution is -2.39. The van der Waals surface area contributed by atoms with Crippen LogP contribution in [0.4, 0.5) is 0 Å². The zero-order chi connectivity index (χ0) is 17.4. The highest BCUT2D eigenvalue weighted by Gasteiger charge is 2.09. The molecule has 0 aliphatic heterocycles. The summed E-state index contributed by atoms with van der Waals surface area (Å²) in [4.78, 5) is 10.8. The summed E-state index contributed by atoms with van der Waals surface area (Å²) in [6, 6.07) is 12.2. The lowest BCUT2D eigenvalue weighted by Gasteiger charge is -2.23. The summed E-state index contributed by atoms with van der Waals surface area (Å²) in [6.45, 7) is 3.54. The van der Waals surface area contributed by atoms with Crippen molar-refractivity contribution in [1.82, 2.24) is 15.2 Å². The van der Waals surface area contributed by atoms with E-state index in [4.69, 9.17) is 4.74 Å². The number of hydrogen-bond donors (Lipinski definition) is 1. The molecule has 6 heteroatoms. The van der Waals surface area contributed by atoms with Gasteiger partial charge < -0.3 is 15.0 Å². The number of ether oxygens (including phenoxy) is 1. The van der Waals surface area contributed by atoms with Crippen LogP contribution in [0.3, 0.4) is 0 Å². The van der Waals surface area contributed by atoms with Crippen LogP contribution in [0.1, 0.15) is 16.8 Å². The first-order valence-electron chi connectivity index (χ1n) is 8.09. The van der Waals surface area contributed by atoms with Crippen LogP contribution in [0.15, 0.2) is 47.6 Å². The highest BCUT2D eigenvalue weighted by atomic mass is 127. The Morgan fingerprint density at radius 1 is 1.24 bits per heavy atom. The minimum Gasteiger partial charge on any atom is -0.496 e. The Labute approximate surface area is 167 Å². The number of nitrogens with zero attached hydrogens (tertiary/aromatic N) is 3. The van der Waals surface area contributed by atoms with Gasteiger partial charge in [-0.3, -0.25) is 9.98 Å². The minimum absolute atomic E-state index is 0. The maximum atomic E-state index is 5.41. The van der Waals surface area contributed by atoms with Gasteiger partial charge in [-0.05, 0) is 31.0 Å². The van der Waals surface area contributed by atoms with Crippen molar-refractivity contribution in [2.75, 3.05) is 27.7 Å². The van der Waals surface area contributed by atoms with Crippen LogP contribution in [-0.2, 0) is 13.0 Å². The van der Waals surface area contributed by atoms with Gasteiger partial charge in [0.2, 0.25) is 0 Å². The van der Waals surface area contributed by atoms with Crippen molar-refractivity contribution < 1.29 is 4.74 Å². The predicted molar refractivity (Wildman–Crippen MR) is 114 cm³/mol. The van der Waals surface area contributed by atoms with E-state index in [0.717, 1.165) is 42.5 Å². The number of pyridine rings is 1. The number of hydrogen-bond acceptors (Lipinski definition) is 3. The van der Waals surface area contributed by atoms with Crippen LogP contribution in [0.25, 0.3) is 0 Å². The third-order valence-corrected chi connectivity index (χ3v) is 3.84. The molecule has 2 rings (SSSR count). The maximum absolute atomic E-state index is 5.41. The van der Waals surface area contributed by atoms with E-state index in [1.807, 2.05) is 44.4 Å². The Hall–Kier alpha value is -1.83. The van der Waals surface area contributed by atoms with Crippen molar-refractivity contribution in [3.63, 3.8) is 0 Å². The lowest BCUT2D eigenvalue weighted by molar-refractivity contribution is 0.396. The smallest absolute Gasteiger partial charge is 0.193 e. The quantitative estimate of drug-likeness (QED) is 0.414. The third-order valence-electron chi connectivity index (χ3n) is 3.84. The van der Waals surface area contributed by atoms with Crippen LogP contribution < -0.4 is 10.1 Å². The summed E-state index contributed by atoms with van der Waals surface area (Å²) in [5.41, 5.74) is 3.39. The molecule has 0 aliphatic rings. The number of benzene rings is 1. The summed E-state index contributed by atoms with van der Waals surface area (Å²) in [5, 5.41) is 3.40. The Bertz CT molecular complexity index is 673. The molecule has 0 atom stereocenters. The number of guanidine groups is 1. The van der Waals surface area contributed by atoms with E-state index in [-0.39, 0.29) is 24.0 Å². The SMILES string of the molecule is CN=C(NCCc1ccc(C)nc1)N(C)Cc1ccccc1OC.I. The van der Waals surface area contributed by atoms with E-state index in [9.17, 15) is 0 Å². The molecular weight excluding hydrogens is 427 g/mol. The topological polar surface area (TPSA) is 49.8 Å². The molecule has 0 bridgehead atoms. The molecule has 1 aromatic heterocycles. The standard InChI is InChI=1S/C19H26N4O.HI/c1-15-9-10-16(13-22-15)11-12-21-19(20-2)23(3)14-17-7-5-6-8-18(17)24-4;/h5-10,13H,11-12,14H2,1-4H3,(H,20,21);1H. The number of aryl methyl sites for hydroxylation is 1. The molecule has 0 amide bonds. The first kappa shape index (κ1) is 21.2. The summed E-state index contributed by atoms with van der Waals surface area (Å²) in [5.74, 6) is 1.76. The Morgan fingerprint density at radius 3 is 2.64 bits per heavy atom. The molecule has 0 aliphatic carbocycles. The van der Waals surface area contributed by atoms with Gasteiger partial charge in [-0.15, -0.1) is 24.0 Å². The third kappa shape index (κ3) is 6.53. The van der Waals surface area contributed by atoms with Gasteiger partial charge in [0.25, 0.3) is 0 Å². The minimum atomic E-state index is 0. The Kier molecular flexibility index (Phi) is 9.26. The summed E-state index contributed by atoms with van der Waals surface area (Å²) in [7, 11) is 5.52. The summed E-state index contributed by atoms with van der Waals surface area (Å²) >= 11 is 0. The highest BCUT2D eigenvalue weighted by Crippen LogP contribution is 2.18. The molecule has 0 saturated carbocycles. The molecule has 0 spiro atoms. The number of methoxy groups -OCH3 is 1. The van der Waals surface area contributed by atoms with Gasteiger partial charge in [-0.25, -0.2) is 0 Å². The zero-order valence-electron chi connectivity index (χ0n) is 15.3. The van der Waals surface area contributed by atoms with Gasteiger partial charge in [-0.2, -0.15) is 0 Å². The normalized spacial score (nSPS) is 10.8. The molecule has 0 saturated heterocycles. The highest BCUT2D eigenvalue weighted by molar-refractivity contribution is 14.0. The molecule has 25 heavy (non-hydrogen) atoms. The molecule has 0 radical (unpaired) electrons. The summed E-state index contributed by atoms with van der Waals surface area (Å²) < 4.78 is 5.41. The van der Waals surface area contributed by atoms with E-state index in [1.165, 1.54) is 5.56 Å². The van der Waals surface area contributed by atoms with Crippen molar-refractivity contribution in [3.05, 3.63) is 59.4 Å². The first-order chi connectivity index (χ1) is 11.6. The largest absolute Gasteiger partial charge is 0.496 e. The Balaban J connectivity index is 0.00000312. The molecule has 136 valence electrons. The number of para-hydroxylation sites is 1. The second-order valence-electron chi connectivity index (χ2n) is 5.70. The fraction of sp³-hybridized carbons (Fsp3) is 0.368. The monoisotopic (exact) mass is 454 g/mol. The average Bonchev–Trinajstić information content (AvgIpc) is 2.60. The van der Waals surface area contributed by atoms with Crippen molar-refractivity contribution in [3.8, 4) is 5.75 Å². The van der Waals surface area contributed by atoms with Crippen molar-refractivity contribution >= 4 is 29.9 Å². The van der Waals surface area contributed by atoms with Crippen LogP contribution in [0.2, 0.25) is 0 Å². The van der Waals surface area contributed by atoms with E-state index >= 15 is 0 Å². The second-order valence-corrected chi connectivity index (χ2v) is 5.70. The van der Waals surface area contributed by atoms with Crippen LogP contribution in [0.5, 0.6) is 5.75 Å². The fourth-order valence-corrected chi connectivity index (χ4v) is 2.51. The van der Waals surface area contributed by atoms with E-state index in [2.05, 4.69) is 32.3 Å². The zero-order valence-corrected chi connectivity index (χ0v) is 17.7. The van der Waals surface area contributed by atoms with Crippen LogP contribution >= 0.6 is 24.0 Å². The molecular formula is C19H27IN4O. The van der Waals surface area contributed by atoms with Crippen LogP contribution in [0, 0.1) is 6.92 Å². The predicted octanol–water partition coefficient (Wildman–Crippen LogP) is 3.27. The lowest BCUT2D eigenvalue weighted by atomic mass is 10.2. The molecule has 2 aromatic rings. The summed E-state index contributed by atoms with van der Waals surface area (Å²) in [6.07, 6.45) is 2.84.